The van der Waals surface area contributed by atoms with Crippen LogP contribution in [0.3, 0.4) is 0 Å². The van der Waals surface area contributed by atoms with E-state index < -0.39 is 7.49 Å². The molecule has 0 aliphatic carbocycles. The van der Waals surface area contributed by atoms with Crippen molar-refractivity contribution in [2.24, 2.45) is 0 Å². The SMILES string of the molecule is O[P+](c1ccccc1)(c1ccc(/C=C/c2ccc(B(c3ccccc3)c3ccccc3)cc2)cc1)c1ccc2ccccc2c1. The Morgan fingerprint density at radius 1 is 0.378 bits per heavy atom. The number of fused-ring (bicyclic) bond motifs is 1. The van der Waals surface area contributed by atoms with Crippen molar-refractivity contribution < 1.29 is 4.89 Å². The molecule has 0 aromatic heterocycles. The molecule has 1 atom stereocenters. The Bertz CT molecular complexity index is 2000. The predicted molar refractivity (Wildman–Crippen MR) is 198 cm³/mol. The van der Waals surface area contributed by atoms with Gasteiger partial charge < -0.3 is 0 Å². The van der Waals surface area contributed by atoms with Crippen molar-refractivity contribution in [3.8, 4) is 0 Å². The van der Waals surface area contributed by atoms with Crippen LogP contribution in [0.1, 0.15) is 11.1 Å². The third kappa shape index (κ3) is 6.04. The molecule has 0 spiro atoms. The van der Waals surface area contributed by atoms with Crippen LogP contribution in [0.5, 0.6) is 0 Å². The summed E-state index contributed by atoms with van der Waals surface area (Å²) in [6.45, 7) is 0.187. The van der Waals surface area contributed by atoms with E-state index in [0.29, 0.717) is 0 Å². The maximum absolute atomic E-state index is 12.5. The summed E-state index contributed by atoms with van der Waals surface area (Å²) in [6, 6.07) is 63.4. The Morgan fingerprint density at radius 3 is 1.38 bits per heavy atom. The van der Waals surface area contributed by atoms with Crippen LogP contribution in [0.4, 0.5) is 0 Å². The Hall–Kier alpha value is -5.01. The maximum Gasteiger partial charge on any atom is 0.241 e. The second-order valence-corrected chi connectivity index (χ2v) is 14.2. The van der Waals surface area contributed by atoms with Gasteiger partial charge in [-0.25, -0.2) is 4.89 Å². The van der Waals surface area contributed by atoms with Crippen molar-refractivity contribution >= 4 is 69.4 Å². The minimum absolute atomic E-state index is 0.187. The number of hydrogen-bond acceptors (Lipinski definition) is 1. The quantitative estimate of drug-likeness (QED) is 0.117. The summed E-state index contributed by atoms with van der Waals surface area (Å²) in [5.41, 5.74) is 6.08. The number of hydrogen-bond donors (Lipinski definition) is 1. The molecule has 0 bridgehead atoms. The van der Waals surface area contributed by atoms with Crippen LogP contribution >= 0.6 is 7.49 Å². The average molecular weight is 596 g/mol. The molecule has 0 amide bonds. The van der Waals surface area contributed by atoms with Gasteiger partial charge in [-0.1, -0.05) is 174 Å². The van der Waals surface area contributed by atoms with Crippen molar-refractivity contribution in [2.45, 2.75) is 0 Å². The molecule has 1 nitrogen and oxygen atoms in total. The van der Waals surface area contributed by atoms with Crippen LogP contribution in [0.15, 0.2) is 182 Å². The lowest BCUT2D eigenvalue weighted by Gasteiger charge is -2.20. The van der Waals surface area contributed by atoms with Gasteiger partial charge in [0.15, 0.2) is 0 Å². The maximum atomic E-state index is 12.5. The first-order valence-electron chi connectivity index (χ1n) is 15.3. The Kier molecular flexibility index (Phi) is 8.26. The average Bonchev–Trinajstić information content (AvgIpc) is 3.12. The van der Waals surface area contributed by atoms with E-state index in [1.54, 1.807) is 0 Å². The molecule has 7 aromatic rings. The minimum Gasteiger partial charge on any atom is -0.235 e. The molecular weight excluding hydrogens is 562 g/mol. The molecule has 214 valence electrons. The highest BCUT2D eigenvalue weighted by molar-refractivity contribution is 7.91. The summed E-state index contributed by atoms with van der Waals surface area (Å²) in [4.78, 5) is 12.5. The van der Waals surface area contributed by atoms with Crippen molar-refractivity contribution in [1.82, 2.24) is 0 Å². The fourth-order valence-electron chi connectivity index (χ4n) is 6.13. The third-order valence-electron chi connectivity index (χ3n) is 8.51. The van der Waals surface area contributed by atoms with Gasteiger partial charge >= 0.3 is 0 Å². The van der Waals surface area contributed by atoms with Crippen LogP contribution < -0.4 is 32.3 Å². The van der Waals surface area contributed by atoms with Crippen LogP contribution in [0, 0.1) is 0 Å². The van der Waals surface area contributed by atoms with Gasteiger partial charge in [0.25, 0.3) is 0 Å². The summed E-state index contributed by atoms with van der Waals surface area (Å²) in [5, 5.41) is 5.16. The topological polar surface area (TPSA) is 20.2 Å². The highest BCUT2D eigenvalue weighted by atomic mass is 31.2. The van der Waals surface area contributed by atoms with E-state index in [2.05, 4.69) is 152 Å². The molecule has 3 heteroatoms. The van der Waals surface area contributed by atoms with Crippen molar-refractivity contribution in [1.29, 1.82) is 0 Å². The summed E-state index contributed by atoms with van der Waals surface area (Å²) in [5.74, 6) is 0. The third-order valence-corrected chi connectivity index (χ3v) is 11.6. The standard InChI is InChI=1S/C42H33BOP/c44-45(40-18-8-3-9-19-40,42-31-26-35-12-10-11-13-36(35)32-42)41-29-24-34(25-30-41)21-20-33-22-27-39(28-23-33)43(37-14-4-1-5-15-37)38-16-6-2-7-17-38/h1-32,44H/q+1/b21-20+. The molecule has 0 radical (unpaired) electrons. The summed E-state index contributed by atoms with van der Waals surface area (Å²) < 4.78 is 0. The molecular formula is C42H33BOP+. The number of benzene rings is 7. The molecule has 0 fully saturated rings. The molecule has 0 aliphatic rings. The first-order chi connectivity index (χ1) is 22.2. The van der Waals surface area contributed by atoms with E-state index in [-0.39, 0.29) is 6.71 Å². The molecule has 7 aromatic carbocycles. The van der Waals surface area contributed by atoms with E-state index in [0.717, 1.165) is 32.4 Å². The van der Waals surface area contributed by atoms with Gasteiger partial charge in [-0.3, -0.25) is 0 Å². The second kappa shape index (κ2) is 12.9. The molecule has 0 saturated heterocycles. The fourth-order valence-corrected chi connectivity index (χ4v) is 8.83. The zero-order valence-electron chi connectivity index (χ0n) is 24.9. The Labute approximate surface area is 266 Å². The lowest BCUT2D eigenvalue weighted by Crippen LogP contribution is -2.51. The molecule has 7 rings (SSSR count). The minimum atomic E-state index is -2.82. The van der Waals surface area contributed by atoms with E-state index in [1.807, 2.05) is 42.5 Å². The monoisotopic (exact) mass is 595 g/mol. The largest absolute Gasteiger partial charge is 0.241 e. The Balaban J connectivity index is 1.16. The van der Waals surface area contributed by atoms with Crippen LogP contribution in [-0.4, -0.2) is 11.6 Å². The zero-order chi connectivity index (χ0) is 30.5. The second-order valence-electron chi connectivity index (χ2n) is 11.3. The molecule has 1 unspecified atom stereocenters. The Morgan fingerprint density at radius 2 is 0.800 bits per heavy atom. The molecule has 0 saturated carbocycles. The van der Waals surface area contributed by atoms with E-state index in [4.69, 9.17) is 0 Å². The van der Waals surface area contributed by atoms with Crippen LogP contribution in [-0.2, 0) is 0 Å². The van der Waals surface area contributed by atoms with E-state index in [9.17, 15) is 4.89 Å². The zero-order valence-corrected chi connectivity index (χ0v) is 25.8. The van der Waals surface area contributed by atoms with Gasteiger partial charge in [0.05, 0.1) is 0 Å². The molecule has 0 heterocycles. The van der Waals surface area contributed by atoms with Crippen molar-refractivity contribution in [3.63, 3.8) is 0 Å². The summed E-state index contributed by atoms with van der Waals surface area (Å²) in [7, 11) is -2.82. The molecule has 45 heavy (non-hydrogen) atoms. The summed E-state index contributed by atoms with van der Waals surface area (Å²) in [6.07, 6.45) is 4.29. The first-order valence-corrected chi connectivity index (χ1v) is 17.1. The lowest BCUT2D eigenvalue weighted by molar-refractivity contribution is 0.633. The van der Waals surface area contributed by atoms with Gasteiger partial charge in [0.1, 0.15) is 15.9 Å². The van der Waals surface area contributed by atoms with Gasteiger partial charge in [-0.05, 0) is 58.3 Å². The lowest BCUT2D eigenvalue weighted by atomic mass is 9.37. The number of rotatable bonds is 8. The normalized spacial score (nSPS) is 12.6. The van der Waals surface area contributed by atoms with Crippen molar-refractivity contribution in [2.75, 3.05) is 0 Å². The van der Waals surface area contributed by atoms with Gasteiger partial charge in [-0.15, -0.1) is 0 Å². The van der Waals surface area contributed by atoms with Crippen molar-refractivity contribution in [3.05, 3.63) is 193 Å². The van der Waals surface area contributed by atoms with Gasteiger partial charge in [-0.2, -0.15) is 0 Å². The van der Waals surface area contributed by atoms with E-state index >= 15 is 0 Å². The van der Waals surface area contributed by atoms with E-state index in [1.165, 1.54) is 21.8 Å². The van der Waals surface area contributed by atoms with Gasteiger partial charge in [0.2, 0.25) is 14.2 Å². The van der Waals surface area contributed by atoms with Crippen LogP contribution in [0.2, 0.25) is 0 Å². The smallest absolute Gasteiger partial charge is 0.235 e. The highest BCUT2D eigenvalue weighted by Crippen LogP contribution is 2.51. The predicted octanol–water partition coefficient (Wildman–Crippen LogP) is 6.73. The first kappa shape index (κ1) is 28.7. The van der Waals surface area contributed by atoms with Gasteiger partial charge in [0, 0.05) is 0 Å². The fraction of sp³-hybridized carbons (Fsp3) is 0. The molecule has 0 aliphatic heterocycles. The molecule has 1 N–H and O–H groups in total. The summed E-state index contributed by atoms with van der Waals surface area (Å²) >= 11 is 0. The van der Waals surface area contributed by atoms with Crippen LogP contribution in [0.25, 0.3) is 22.9 Å². The highest BCUT2D eigenvalue weighted by Gasteiger charge is 2.44.